The van der Waals surface area contributed by atoms with Crippen LogP contribution >= 0.6 is 23.2 Å². The normalized spacial score (nSPS) is 16.1. The number of amides is 6. The first kappa shape index (κ1) is 52.2. The van der Waals surface area contributed by atoms with Gasteiger partial charge in [0.05, 0.1) is 17.4 Å². The quantitative estimate of drug-likeness (QED) is 0.0233. The third-order valence-electron chi connectivity index (χ3n) is 12.7. The van der Waals surface area contributed by atoms with E-state index in [1.54, 1.807) is 61.2 Å². The van der Waals surface area contributed by atoms with Crippen molar-refractivity contribution in [1.82, 2.24) is 10.6 Å². The molecule has 2 aliphatic heterocycles. The number of carbonyl (C=O) groups is 6. The summed E-state index contributed by atoms with van der Waals surface area (Å²) >= 11 is 12.9. The summed E-state index contributed by atoms with van der Waals surface area (Å²) in [4.78, 5) is 80.3. The van der Waals surface area contributed by atoms with Gasteiger partial charge in [-0.1, -0.05) is 74.5 Å². The maximum atomic E-state index is 14.1. The molecule has 0 saturated carbocycles. The Kier molecular flexibility index (Phi) is 16.6. The zero-order valence-corrected chi connectivity index (χ0v) is 40.5. The Morgan fingerprint density at radius 3 is 1.77 bits per heavy atom. The monoisotopic (exact) mass is 1020 g/mol. The molecule has 0 bridgehead atoms. The second kappa shape index (κ2) is 22.6. The van der Waals surface area contributed by atoms with Crippen molar-refractivity contribution in [2.45, 2.75) is 82.7 Å². The van der Waals surface area contributed by atoms with Gasteiger partial charge in [-0.2, -0.15) is 13.2 Å². The summed E-state index contributed by atoms with van der Waals surface area (Å²) in [5.41, 5.74) is 14.9. The number of benzene rings is 5. The van der Waals surface area contributed by atoms with E-state index in [4.69, 9.17) is 44.1 Å². The van der Waals surface area contributed by atoms with Crippen LogP contribution in [0, 0.1) is 5.92 Å². The van der Waals surface area contributed by atoms with E-state index >= 15 is 0 Å². The van der Waals surface area contributed by atoms with Gasteiger partial charge in [-0.05, 0) is 64.8 Å². The maximum Gasteiger partial charge on any atom is 0.491 e. The fourth-order valence-electron chi connectivity index (χ4n) is 9.00. The topological polar surface area (TPSA) is 215 Å². The van der Waals surface area contributed by atoms with E-state index in [2.05, 4.69) is 16.0 Å². The molecule has 4 atom stereocenters. The largest absolute Gasteiger partial charge is 0.491 e. The van der Waals surface area contributed by atoms with Gasteiger partial charge in [0.2, 0.25) is 23.6 Å². The number of urea groups is 1. The van der Waals surface area contributed by atoms with E-state index in [-0.39, 0.29) is 97.8 Å². The van der Waals surface area contributed by atoms with Gasteiger partial charge in [-0.25, -0.2) is 9.59 Å². The summed E-state index contributed by atoms with van der Waals surface area (Å²) in [7, 11) is 0. The highest BCUT2D eigenvalue weighted by molar-refractivity contribution is 6.19. The molecule has 2 aliphatic rings. The van der Waals surface area contributed by atoms with Crippen molar-refractivity contribution in [3.8, 4) is 11.5 Å². The molecule has 0 aliphatic carbocycles. The number of primary amides is 1. The van der Waals surface area contributed by atoms with Crippen molar-refractivity contribution < 1.29 is 51.4 Å². The van der Waals surface area contributed by atoms with Crippen LogP contribution in [0.1, 0.15) is 74.5 Å². The summed E-state index contributed by atoms with van der Waals surface area (Å²) in [6, 6.07) is 21.8. The number of esters is 1. The van der Waals surface area contributed by atoms with Gasteiger partial charge in [0, 0.05) is 84.7 Å². The highest BCUT2D eigenvalue weighted by atomic mass is 35.5. The van der Waals surface area contributed by atoms with Crippen LogP contribution < -0.4 is 46.7 Å². The fraction of sp³-hybridized carbons (Fsp3) is 0.373. The Hall–Kier alpha value is -6.63. The number of halogens is 5. The number of nitrogens with zero attached hydrogens (tertiary/aromatic N) is 2. The van der Waals surface area contributed by atoms with Gasteiger partial charge in [0.25, 0.3) is 0 Å². The average molecular weight is 1020 g/mol. The second-order valence-electron chi connectivity index (χ2n) is 17.9. The van der Waals surface area contributed by atoms with Crippen LogP contribution in [0.4, 0.5) is 35.0 Å². The maximum absolute atomic E-state index is 14.1. The number of nitrogens with one attached hydrogen (secondary N) is 3. The number of rotatable bonds is 19. The van der Waals surface area contributed by atoms with Crippen molar-refractivity contribution in [1.29, 1.82) is 0 Å². The number of anilines is 3. The number of hydrogen-bond acceptors (Lipinski definition) is 9. The van der Waals surface area contributed by atoms with E-state index < -0.39 is 42.1 Å². The minimum absolute atomic E-state index is 0.0109. The molecule has 0 radical (unpaired) electrons. The van der Waals surface area contributed by atoms with Crippen LogP contribution in [0.3, 0.4) is 0 Å². The van der Waals surface area contributed by atoms with Crippen LogP contribution in [0.15, 0.2) is 84.9 Å². The Morgan fingerprint density at radius 1 is 0.746 bits per heavy atom. The van der Waals surface area contributed by atoms with Crippen LogP contribution in [0.2, 0.25) is 0 Å². The summed E-state index contributed by atoms with van der Waals surface area (Å²) < 4.78 is 51.1. The SMILES string of the molecule is CC(C)[C@H](N)C(=O)N[C@@H](CCCNC(N)=O)C(=O)Nc1ccc(COc2cc3c(c4ccccc24)[C@H](CCl)CN3C(=O)CCCC(=O)N2C[C@@H](CCl)c3c2cc(OC(=O)C(F)(F)F)c2ccccc32)cc1. The molecule has 20 heteroatoms. The van der Waals surface area contributed by atoms with Crippen molar-refractivity contribution in [3.63, 3.8) is 0 Å². The van der Waals surface area contributed by atoms with E-state index in [0.717, 1.165) is 21.9 Å². The summed E-state index contributed by atoms with van der Waals surface area (Å²) in [6.07, 6.45) is -4.60. The summed E-state index contributed by atoms with van der Waals surface area (Å²) in [5, 5.41) is 10.5. The number of alkyl halides is 5. The summed E-state index contributed by atoms with van der Waals surface area (Å²) in [5.74, 6) is -4.15. The molecule has 7 rings (SSSR count). The molecule has 71 heavy (non-hydrogen) atoms. The lowest BCUT2D eigenvalue weighted by Crippen LogP contribution is -2.51. The first-order valence-electron chi connectivity index (χ1n) is 23.1. The molecule has 5 aromatic rings. The average Bonchev–Trinajstić information content (AvgIpc) is 3.92. The lowest BCUT2D eigenvalue weighted by Gasteiger charge is -2.22. The number of hydrogen-bond donors (Lipinski definition) is 5. The van der Waals surface area contributed by atoms with Crippen LogP contribution in [-0.2, 0) is 30.6 Å². The van der Waals surface area contributed by atoms with Crippen molar-refractivity contribution in [3.05, 3.63) is 102 Å². The third kappa shape index (κ3) is 11.9. The smallest absolute Gasteiger partial charge is 0.488 e. The minimum atomic E-state index is -5.24. The molecule has 7 N–H and O–H groups in total. The van der Waals surface area contributed by atoms with Gasteiger partial charge in [0.15, 0.2) is 0 Å². The molecule has 15 nitrogen and oxygen atoms in total. The molecular weight excluding hydrogens is 967 g/mol. The number of carbonyl (C=O) groups excluding carboxylic acids is 6. The van der Waals surface area contributed by atoms with Crippen LogP contribution in [0.25, 0.3) is 21.5 Å². The third-order valence-corrected chi connectivity index (χ3v) is 13.4. The van der Waals surface area contributed by atoms with E-state index in [0.29, 0.717) is 46.7 Å². The van der Waals surface area contributed by atoms with Gasteiger partial charge in [0.1, 0.15) is 24.1 Å². The summed E-state index contributed by atoms with van der Waals surface area (Å²) in [6.45, 7) is 4.38. The number of fused-ring (bicyclic) bond motifs is 6. The molecule has 0 unspecified atom stereocenters. The Morgan fingerprint density at radius 2 is 1.27 bits per heavy atom. The van der Waals surface area contributed by atoms with Gasteiger partial charge in [-0.3, -0.25) is 19.2 Å². The van der Waals surface area contributed by atoms with Gasteiger partial charge in [-0.15, -0.1) is 23.2 Å². The predicted octanol–water partition coefficient (Wildman–Crippen LogP) is 8.10. The van der Waals surface area contributed by atoms with E-state index in [1.807, 2.05) is 30.3 Å². The molecule has 5 aromatic carbocycles. The lowest BCUT2D eigenvalue weighted by molar-refractivity contribution is -0.189. The van der Waals surface area contributed by atoms with Crippen LogP contribution in [-0.4, -0.2) is 85.3 Å². The molecule has 0 saturated heterocycles. The zero-order valence-electron chi connectivity index (χ0n) is 39.0. The van der Waals surface area contributed by atoms with Gasteiger partial charge >= 0.3 is 18.2 Å². The Balaban J connectivity index is 1.03. The first-order chi connectivity index (χ1) is 33.9. The molecule has 0 aromatic heterocycles. The fourth-order valence-corrected chi connectivity index (χ4v) is 9.51. The molecule has 0 spiro atoms. The number of nitrogens with two attached hydrogens (primary N) is 2. The molecular formula is C51H54Cl2F3N7O8. The van der Waals surface area contributed by atoms with Gasteiger partial charge < -0.3 is 46.7 Å². The second-order valence-corrected chi connectivity index (χ2v) is 18.5. The Labute approximate surface area is 417 Å². The number of ether oxygens (including phenoxy) is 2. The van der Waals surface area contributed by atoms with Crippen molar-refractivity contribution in [2.24, 2.45) is 17.4 Å². The zero-order chi connectivity index (χ0) is 51.1. The molecule has 376 valence electrons. The predicted molar refractivity (Wildman–Crippen MR) is 266 cm³/mol. The lowest BCUT2D eigenvalue weighted by atomic mass is 9.95. The van der Waals surface area contributed by atoms with Crippen LogP contribution in [0.5, 0.6) is 11.5 Å². The first-order valence-corrected chi connectivity index (χ1v) is 24.2. The van der Waals surface area contributed by atoms with Crippen molar-refractivity contribution >= 4 is 97.4 Å². The highest BCUT2D eigenvalue weighted by Gasteiger charge is 2.43. The Bertz CT molecular complexity index is 2830. The minimum Gasteiger partial charge on any atom is -0.488 e. The molecule has 6 amide bonds. The standard InChI is InChI=1S/C51H54Cl2F3N7O8/c1-28(2)46(57)48(67)61-37(13-8-20-59-50(58)69)47(66)60-32-18-16-29(17-19-32)27-70-40-21-38-44(35-11-5-3-9-33(35)40)30(23-52)25-62(38)42(64)14-7-15-43(65)63-26-31(24-53)45-36-12-6-4-10-34(36)41(22-39(45)63)71-49(68)51(54,55)56/h3-6,9-12,16-19,21-22,28,30-31,37,46H,7-8,13-15,20,23-27,57H2,1-2H3,(H,60,66)(H,61,67)(H3,58,59,69)/t30-,31-,37+,46+/m1/s1. The van der Waals surface area contributed by atoms with E-state index in [9.17, 15) is 41.9 Å². The van der Waals surface area contributed by atoms with E-state index in [1.165, 1.54) is 17.0 Å². The highest BCUT2D eigenvalue weighted by Crippen LogP contribution is 2.48. The molecule has 2 heterocycles. The molecule has 0 fully saturated rings. The van der Waals surface area contributed by atoms with Crippen molar-refractivity contribution in [2.75, 3.05) is 46.5 Å².